The largest absolute Gasteiger partial charge is 0.330 e. The van der Waals surface area contributed by atoms with E-state index in [-0.39, 0.29) is 11.2 Å². The molecule has 2 aromatic rings. The summed E-state index contributed by atoms with van der Waals surface area (Å²) >= 11 is 0. The minimum atomic E-state index is -0.159. The summed E-state index contributed by atoms with van der Waals surface area (Å²) in [4.78, 5) is 0. The van der Waals surface area contributed by atoms with Crippen molar-refractivity contribution in [2.24, 2.45) is 11.1 Å². The van der Waals surface area contributed by atoms with Gasteiger partial charge in [0.05, 0.1) is 0 Å². The molecule has 0 radical (unpaired) electrons. The lowest BCUT2D eigenvalue weighted by molar-refractivity contribution is 0.314. The normalized spacial score (nSPS) is 16.1. The van der Waals surface area contributed by atoms with E-state index < -0.39 is 0 Å². The maximum absolute atomic E-state index is 13.5. The maximum atomic E-state index is 13.5. The van der Waals surface area contributed by atoms with Crippen LogP contribution < -0.4 is 5.73 Å². The lowest BCUT2D eigenvalue weighted by Gasteiger charge is -2.28. The molecule has 1 aliphatic rings. The lowest BCUT2D eigenvalue weighted by atomic mass is 9.78. The molecule has 2 aromatic carbocycles. The molecule has 2 heteroatoms. The highest BCUT2D eigenvalue weighted by molar-refractivity contribution is 5.37. The summed E-state index contributed by atoms with van der Waals surface area (Å²) in [5.41, 5.74) is 11.2. The standard InChI is InChI=1S/C18H20FN/c1-13-6-7-17(19)8-16(13)11-18(12-20)9-14-4-2-3-5-15(14)10-18/h2-8H,9-12,20H2,1H3. The number of benzene rings is 2. The molecule has 0 aliphatic heterocycles. The van der Waals surface area contributed by atoms with Crippen molar-refractivity contribution < 1.29 is 4.39 Å². The van der Waals surface area contributed by atoms with Crippen LogP contribution in [0.3, 0.4) is 0 Å². The Morgan fingerprint density at radius 2 is 1.75 bits per heavy atom. The Hall–Kier alpha value is -1.67. The summed E-state index contributed by atoms with van der Waals surface area (Å²) in [5, 5.41) is 0. The zero-order chi connectivity index (χ0) is 14.2. The van der Waals surface area contributed by atoms with Gasteiger partial charge in [0.15, 0.2) is 0 Å². The molecule has 2 N–H and O–H groups in total. The third-order valence-corrected chi connectivity index (χ3v) is 4.56. The van der Waals surface area contributed by atoms with Crippen molar-refractivity contribution >= 4 is 0 Å². The van der Waals surface area contributed by atoms with E-state index in [0.29, 0.717) is 6.54 Å². The van der Waals surface area contributed by atoms with Crippen LogP contribution in [0, 0.1) is 18.2 Å². The fourth-order valence-corrected chi connectivity index (χ4v) is 3.35. The molecule has 104 valence electrons. The molecule has 0 amide bonds. The van der Waals surface area contributed by atoms with Crippen LogP contribution in [0.2, 0.25) is 0 Å². The van der Waals surface area contributed by atoms with Crippen molar-refractivity contribution in [3.63, 3.8) is 0 Å². The van der Waals surface area contributed by atoms with Crippen LogP contribution in [0.25, 0.3) is 0 Å². The Morgan fingerprint density at radius 3 is 2.35 bits per heavy atom. The Morgan fingerprint density at radius 1 is 1.10 bits per heavy atom. The summed E-state index contributed by atoms with van der Waals surface area (Å²) in [5.74, 6) is -0.159. The quantitative estimate of drug-likeness (QED) is 0.907. The van der Waals surface area contributed by atoms with Crippen LogP contribution >= 0.6 is 0 Å². The van der Waals surface area contributed by atoms with Crippen LogP contribution in [-0.2, 0) is 19.3 Å². The molecule has 0 saturated carbocycles. The van der Waals surface area contributed by atoms with Crippen molar-refractivity contribution in [1.29, 1.82) is 0 Å². The van der Waals surface area contributed by atoms with E-state index in [4.69, 9.17) is 5.73 Å². The maximum Gasteiger partial charge on any atom is 0.123 e. The SMILES string of the molecule is Cc1ccc(F)cc1CC1(CN)Cc2ccccc2C1. The first-order valence-electron chi connectivity index (χ1n) is 7.14. The number of nitrogens with two attached hydrogens (primary N) is 1. The van der Waals surface area contributed by atoms with Crippen molar-refractivity contribution in [3.05, 3.63) is 70.5 Å². The molecule has 20 heavy (non-hydrogen) atoms. The molecule has 0 unspecified atom stereocenters. The highest BCUT2D eigenvalue weighted by Gasteiger charge is 2.36. The second-order valence-corrected chi connectivity index (χ2v) is 6.07. The topological polar surface area (TPSA) is 26.0 Å². The minimum absolute atomic E-state index is 0.0439. The van der Waals surface area contributed by atoms with E-state index in [1.54, 1.807) is 6.07 Å². The highest BCUT2D eigenvalue weighted by Crippen LogP contribution is 2.39. The van der Waals surface area contributed by atoms with E-state index in [1.165, 1.54) is 17.2 Å². The predicted molar refractivity (Wildman–Crippen MR) is 80.2 cm³/mol. The first-order chi connectivity index (χ1) is 9.62. The molecule has 0 aromatic heterocycles. The first-order valence-corrected chi connectivity index (χ1v) is 7.14. The van der Waals surface area contributed by atoms with Crippen LogP contribution in [0.1, 0.15) is 22.3 Å². The van der Waals surface area contributed by atoms with E-state index >= 15 is 0 Å². The summed E-state index contributed by atoms with van der Waals surface area (Å²) in [6, 6.07) is 13.6. The molecule has 0 atom stereocenters. The average Bonchev–Trinajstić information content (AvgIpc) is 2.81. The number of aryl methyl sites for hydroxylation is 1. The highest BCUT2D eigenvalue weighted by atomic mass is 19.1. The van der Waals surface area contributed by atoms with Gasteiger partial charge in [-0.3, -0.25) is 0 Å². The number of hydrogen-bond donors (Lipinski definition) is 1. The fourth-order valence-electron chi connectivity index (χ4n) is 3.35. The average molecular weight is 269 g/mol. The minimum Gasteiger partial charge on any atom is -0.330 e. The number of halogens is 1. The number of hydrogen-bond acceptors (Lipinski definition) is 1. The number of fused-ring (bicyclic) bond motifs is 1. The molecule has 0 heterocycles. The second kappa shape index (κ2) is 5.02. The summed E-state index contributed by atoms with van der Waals surface area (Å²) < 4.78 is 13.5. The predicted octanol–water partition coefficient (Wildman–Crippen LogP) is 3.42. The smallest absolute Gasteiger partial charge is 0.123 e. The van der Waals surface area contributed by atoms with Crippen LogP contribution in [0.5, 0.6) is 0 Å². The van der Waals surface area contributed by atoms with Gasteiger partial charge in [0.25, 0.3) is 0 Å². The van der Waals surface area contributed by atoms with Gasteiger partial charge in [0.1, 0.15) is 5.82 Å². The van der Waals surface area contributed by atoms with Crippen molar-refractivity contribution in [2.75, 3.05) is 6.54 Å². The molecular formula is C18H20FN. The van der Waals surface area contributed by atoms with Crippen molar-refractivity contribution in [2.45, 2.75) is 26.2 Å². The van der Waals surface area contributed by atoms with Crippen LogP contribution in [-0.4, -0.2) is 6.54 Å². The zero-order valence-corrected chi connectivity index (χ0v) is 11.8. The molecule has 0 spiro atoms. The van der Waals surface area contributed by atoms with E-state index in [0.717, 1.165) is 30.4 Å². The van der Waals surface area contributed by atoms with E-state index in [2.05, 4.69) is 24.3 Å². The van der Waals surface area contributed by atoms with Crippen molar-refractivity contribution in [3.8, 4) is 0 Å². The Bertz CT molecular complexity index is 608. The van der Waals surface area contributed by atoms with Gasteiger partial charge in [-0.25, -0.2) is 4.39 Å². The van der Waals surface area contributed by atoms with Crippen LogP contribution in [0.15, 0.2) is 42.5 Å². The monoisotopic (exact) mass is 269 g/mol. The summed E-state index contributed by atoms with van der Waals surface area (Å²) in [6.07, 6.45) is 2.84. The molecule has 0 fully saturated rings. The van der Waals surface area contributed by atoms with Gasteiger partial charge in [-0.05, 0) is 72.5 Å². The molecule has 3 rings (SSSR count). The summed E-state index contributed by atoms with van der Waals surface area (Å²) in [7, 11) is 0. The molecule has 0 saturated heterocycles. The third kappa shape index (κ3) is 2.36. The molecule has 1 nitrogen and oxygen atoms in total. The van der Waals surface area contributed by atoms with Gasteiger partial charge in [0, 0.05) is 0 Å². The molecular weight excluding hydrogens is 249 g/mol. The van der Waals surface area contributed by atoms with Gasteiger partial charge in [0.2, 0.25) is 0 Å². The van der Waals surface area contributed by atoms with Crippen molar-refractivity contribution in [1.82, 2.24) is 0 Å². The zero-order valence-electron chi connectivity index (χ0n) is 11.8. The Kier molecular flexibility index (Phi) is 3.35. The fraction of sp³-hybridized carbons (Fsp3) is 0.333. The van der Waals surface area contributed by atoms with Gasteiger partial charge in [-0.1, -0.05) is 30.3 Å². The Balaban J connectivity index is 1.91. The van der Waals surface area contributed by atoms with Gasteiger partial charge >= 0.3 is 0 Å². The molecule has 1 aliphatic carbocycles. The van der Waals surface area contributed by atoms with E-state index in [1.807, 2.05) is 13.0 Å². The first kappa shape index (κ1) is 13.3. The third-order valence-electron chi connectivity index (χ3n) is 4.56. The van der Waals surface area contributed by atoms with Gasteiger partial charge in [-0.15, -0.1) is 0 Å². The van der Waals surface area contributed by atoms with E-state index in [9.17, 15) is 4.39 Å². The Labute approximate surface area is 119 Å². The van der Waals surface area contributed by atoms with Gasteiger partial charge in [-0.2, -0.15) is 0 Å². The van der Waals surface area contributed by atoms with Crippen LogP contribution in [0.4, 0.5) is 4.39 Å². The lowest BCUT2D eigenvalue weighted by Crippen LogP contribution is -2.33. The molecule has 0 bridgehead atoms. The van der Waals surface area contributed by atoms with Gasteiger partial charge < -0.3 is 5.73 Å². The second-order valence-electron chi connectivity index (χ2n) is 6.07. The number of rotatable bonds is 3. The summed E-state index contributed by atoms with van der Waals surface area (Å²) in [6.45, 7) is 2.68.